The zero-order valence-corrected chi connectivity index (χ0v) is 22.9. The minimum absolute atomic E-state index is 0.193. The van der Waals surface area contributed by atoms with Crippen LogP contribution in [0.15, 0.2) is 36.7 Å². The van der Waals surface area contributed by atoms with Crippen LogP contribution in [0.5, 0.6) is 6.01 Å². The number of ether oxygens (including phenoxy) is 1. The van der Waals surface area contributed by atoms with E-state index in [1.54, 1.807) is 0 Å². The van der Waals surface area contributed by atoms with E-state index in [-0.39, 0.29) is 6.61 Å². The number of aromatic nitrogens is 3. The molecule has 1 saturated heterocycles. The summed E-state index contributed by atoms with van der Waals surface area (Å²) in [5.41, 5.74) is 5.13. The molecule has 1 atom stereocenters. The van der Waals surface area contributed by atoms with Gasteiger partial charge in [-0.05, 0) is 68.5 Å². The molecule has 3 aromatic rings. The van der Waals surface area contributed by atoms with E-state index in [0.29, 0.717) is 35.4 Å². The van der Waals surface area contributed by atoms with Crippen molar-refractivity contribution in [2.75, 3.05) is 32.8 Å². The maximum atomic E-state index is 9.36. The van der Waals surface area contributed by atoms with Crippen LogP contribution < -0.4 is 4.74 Å². The fraction of sp³-hybridized carbons (Fsp3) is 0.581. The molecule has 1 N–H and O–H groups in total. The first-order chi connectivity index (χ1) is 18.5. The molecule has 1 aromatic carbocycles. The molecule has 5 rings (SSSR count). The van der Waals surface area contributed by atoms with Crippen molar-refractivity contribution >= 4 is 5.65 Å². The molecule has 0 bridgehead atoms. The molecular formula is C31H41N5O2. The molecule has 2 aliphatic rings. The van der Waals surface area contributed by atoms with Crippen LogP contribution in [0.25, 0.3) is 16.9 Å². The number of β-amino-alcohol motifs (C(OH)–C–C–N with tert-alkyl or cyclic N) is 1. The number of piperidine rings is 1. The Labute approximate surface area is 226 Å². The third-order valence-corrected chi connectivity index (χ3v) is 8.53. The Bertz CT molecular complexity index is 1250. The van der Waals surface area contributed by atoms with Crippen molar-refractivity contribution in [2.24, 2.45) is 11.3 Å². The van der Waals surface area contributed by atoms with Crippen LogP contribution in [0.1, 0.15) is 82.3 Å². The highest BCUT2D eigenvalue weighted by Crippen LogP contribution is 2.42. The van der Waals surface area contributed by atoms with Crippen LogP contribution in [0.2, 0.25) is 0 Å². The summed E-state index contributed by atoms with van der Waals surface area (Å²) in [5, 5.41) is 18.7. The highest BCUT2D eigenvalue weighted by Gasteiger charge is 2.29. The molecular weight excluding hydrogens is 474 g/mol. The maximum Gasteiger partial charge on any atom is 0.302 e. The summed E-state index contributed by atoms with van der Waals surface area (Å²) in [5.74, 6) is 0.788. The number of fused-ring (bicyclic) bond motifs is 1. The topological polar surface area (TPSA) is 86.7 Å². The van der Waals surface area contributed by atoms with Gasteiger partial charge in [-0.2, -0.15) is 10.2 Å². The predicted molar refractivity (Wildman–Crippen MR) is 149 cm³/mol. The van der Waals surface area contributed by atoms with Crippen LogP contribution in [-0.2, 0) is 0 Å². The summed E-state index contributed by atoms with van der Waals surface area (Å²) in [6.07, 6.45) is 13.2. The van der Waals surface area contributed by atoms with Crippen molar-refractivity contribution in [3.05, 3.63) is 47.8 Å². The number of nitriles is 1. The minimum atomic E-state index is 0.193. The second-order valence-corrected chi connectivity index (χ2v) is 12.0. The van der Waals surface area contributed by atoms with E-state index >= 15 is 0 Å². The molecule has 1 aliphatic carbocycles. The molecule has 1 unspecified atom stereocenters. The van der Waals surface area contributed by atoms with Crippen molar-refractivity contribution in [1.82, 2.24) is 19.3 Å². The molecule has 0 radical (unpaired) electrons. The van der Waals surface area contributed by atoms with Gasteiger partial charge in [0, 0.05) is 42.5 Å². The number of hydrogen-bond donors (Lipinski definition) is 1. The summed E-state index contributed by atoms with van der Waals surface area (Å²) >= 11 is 0. The third kappa shape index (κ3) is 6.03. The largest absolute Gasteiger partial charge is 0.464 e. The zero-order chi connectivity index (χ0) is 26.5. The Kier molecular flexibility index (Phi) is 8.30. The van der Waals surface area contributed by atoms with Crippen molar-refractivity contribution in [2.45, 2.75) is 71.1 Å². The number of imidazole rings is 1. The van der Waals surface area contributed by atoms with Gasteiger partial charge in [-0.3, -0.25) is 4.40 Å². The monoisotopic (exact) mass is 515 g/mol. The summed E-state index contributed by atoms with van der Waals surface area (Å²) in [4.78, 5) is 12.3. The van der Waals surface area contributed by atoms with Gasteiger partial charge in [0.25, 0.3) is 0 Å². The van der Waals surface area contributed by atoms with Gasteiger partial charge < -0.3 is 14.7 Å². The molecule has 1 saturated carbocycles. The molecule has 2 fully saturated rings. The van der Waals surface area contributed by atoms with Crippen LogP contribution in [0.3, 0.4) is 0 Å². The predicted octanol–water partition coefficient (Wildman–Crippen LogP) is 5.82. The zero-order valence-electron chi connectivity index (χ0n) is 22.9. The van der Waals surface area contributed by atoms with E-state index in [4.69, 9.17) is 14.7 Å². The quantitative estimate of drug-likeness (QED) is 0.427. The van der Waals surface area contributed by atoms with Crippen LogP contribution in [0.4, 0.5) is 0 Å². The third-order valence-electron chi connectivity index (χ3n) is 8.53. The van der Waals surface area contributed by atoms with Crippen molar-refractivity contribution in [3.63, 3.8) is 0 Å². The fourth-order valence-corrected chi connectivity index (χ4v) is 6.41. The molecule has 3 heterocycles. The SMILES string of the molecule is CC1(C)CCCC(c2c(-c3ccc(C#N)cc3)nc(OCC3CCCN(CCO)C3)n3ccnc23)CCC1. The highest BCUT2D eigenvalue weighted by molar-refractivity contribution is 5.72. The summed E-state index contributed by atoms with van der Waals surface area (Å²) in [6, 6.07) is 10.6. The molecule has 0 amide bonds. The van der Waals surface area contributed by atoms with Gasteiger partial charge in [-0.1, -0.05) is 38.8 Å². The van der Waals surface area contributed by atoms with Gasteiger partial charge in [-0.15, -0.1) is 0 Å². The maximum absolute atomic E-state index is 9.36. The lowest BCUT2D eigenvalue weighted by Gasteiger charge is -2.32. The lowest BCUT2D eigenvalue weighted by Crippen LogP contribution is -2.39. The van der Waals surface area contributed by atoms with E-state index < -0.39 is 0 Å². The summed E-state index contributed by atoms with van der Waals surface area (Å²) in [7, 11) is 0. The Morgan fingerprint density at radius 3 is 2.58 bits per heavy atom. The van der Waals surface area contributed by atoms with Gasteiger partial charge in [0.1, 0.15) is 5.65 Å². The first kappa shape index (κ1) is 26.6. The second kappa shape index (κ2) is 11.8. The van der Waals surface area contributed by atoms with Crippen LogP contribution in [0, 0.1) is 22.7 Å². The lowest BCUT2D eigenvalue weighted by molar-refractivity contribution is 0.107. The number of aliphatic hydroxyl groups excluding tert-OH is 1. The summed E-state index contributed by atoms with van der Waals surface area (Å²) < 4.78 is 8.46. The van der Waals surface area contributed by atoms with E-state index in [0.717, 1.165) is 62.2 Å². The standard InChI is InChI=1S/C31H41N5O2/c1-31(2)13-3-7-25(8-4-14-31)27-28(26-11-9-23(20-32)10-12-26)34-30(36-17-15-33-29(27)36)38-22-24-6-5-16-35(21-24)18-19-37/h9-12,15,17,24-25,37H,3-8,13-14,16,18-19,21-22H2,1-2H3. The smallest absolute Gasteiger partial charge is 0.302 e. The average Bonchev–Trinajstić information content (AvgIpc) is 3.40. The highest BCUT2D eigenvalue weighted by atomic mass is 16.5. The molecule has 38 heavy (non-hydrogen) atoms. The Balaban J connectivity index is 1.49. The molecule has 2 aromatic heterocycles. The van der Waals surface area contributed by atoms with E-state index in [9.17, 15) is 10.4 Å². The minimum Gasteiger partial charge on any atom is -0.464 e. The fourth-order valence-electron chi connectivity index (χ4n) is 6.41. The van der Waals surface area contributed by atoms with Crippen LogP contribution in [-0.4, -0.2) is 57.2 Å². The number of aliphatic hydroxyl groups is 1. The molecule has 7 heteroatoms. The van der Waals surface area contributed by atoms with E-state index in [1.165, 1.54) is 31.2 Å². The Hall–Kier alpha value is -2.95. The Morgan fingerprint density at radius 2 is 1.87 bits per heavy atom. The van der Waals surface area contributed by atoms with Gasteiger partial charge in [0.2, 0.25) is 0 Å². The van der Waals surface area contributed by atoms with Gasteiger partial charge in [-0.25, -0.2) is 4.98 Å². The molecule has 202 valence electrons. The van der Waals surface area contributed by atoms with Gasteiger partial charge in [0.05, 0.1) is 30.5 Å². The number of benzene rings is 1. The number of rotatable bonds is 7. The first-order valence-electron chi connectivity index (χ1n) is 14.3. The van der Waals surface area contributed by atoms with E-state index in [2.05, 4.69) is 24.8 Å². The van der Waals surface area contributed by atoms with Crippen LogP contribution >= 0.6 is 0 Å². The van der Waals surface area contributed by atoms with Crippen molar-refractivity contribution in [3.8, 4) is 23.3 Å². The number of nitrogens with zero attached hydrogens (tertiary/aromatic N) is 5. The van der Waals surface area contributed by atoms with Crippen molar-refractivity contribution < 1.29 is 9.84 Å². The molecule has 1 aliphatic heterocycles. The van der Waals surface area contributed by atoms with Gasteiger partial charge in [0.15, 0.2) is 0 Å². The average molecular weight is 516 g/mol. The molecule has 7 nitrogen and oxygen atoms in total. The normalized spacial score (nSPS) is 21.1. The van der Waals surface area contributed by atoms with Gasteiger partial charge >= 0.3 is 6.01 Å². The number of likely N-dealkylation sites (tertiary alicyclic amines) is 1. The Morgan fingerprint density at radius 1 is 1.11 bits per heavy atom. The lowest BCUT2D eigenvalue weighted by atomic mass is 9.75. The second-order valence-electron chi connectivity index (χ2n) is 12.0. The first-order valence-corrected chi connectivity index (χ1v) is 14.3. The molecule has 0 spiro atoms. The van der Waals surface area contributed by atoms with Crippen molar-refractivity contribution in [1.29, 1.82) is 5.26 Å². The number of hydrogen-bond acceptors (Lipinski definition) is 6. The summed E-state index contributed by atoms with van der Waals surface area (Å²) in [6.45, 7) is 8.27. The van der Waals surface area contributed by atoms with E-state index in [1.807, 2.05) is 41.1 Å².